The predicted molar refractivity (Wildman–Crippen MR) is 111 cm³/mol. The fourth-order valence-electron chi connectivity index (χ4n) is 5.26. The molecule has 2 aliphatic heterocycles. The number of carbonyl (C=O) groups excluding carboxylic acids is 1. The van der Waals surface area contributed by atoms with Crippen LogP contribution in [0.15, 0.2) is 42.5 Å². The van der Waals surface area contributed by atoms with Crippen LogP contribution in [0.4, 0.5) is 0 Å². The van der Waals surface area contributed by atoms with Crippen molar-refractivity contribution in [2.45, 2.75) is 43.9 Å². The molecule has 5 rings (SSSR count). The minimum atomic E-state index is -0.435. The zero-order valence-corrected chi connectivity index (χ0v) is 16.9. The van der Waals surface area contributed by atoms with Gasteiger partial charge in [0.25, 0.3) is 0 Å². The highest BCUT2D eigenvalue weighted by molar-refractivity contribution is 5.79. The number of rotatable bonds is 4. The van der Waals surface area contributed by atoms with Gasteiger partial charge >= 0.3 is 0 Å². The summed E-state index contributed by atoms with van der Waals surface area (Å²) in [7, 11) is 1.76. The average molecular weight is 392 g/mol. The molecular formula is C24H28N2O3. The van der Waals surface area contributed by atoms with Crippen LogP contribution in [0.1, 0.15) is 35.1 Å². The highest BCUT2D eigenvalue weighted by Gasteiger charge is 2.49. The number of likely N-dealkylation sites (tertiary alicyclic amines) is 1. The van der Waals surface area contributed by atoms with E-state index < -0.39 is 5.54 Å². The number of hydrogen-bond donors (Lipinski definition) is 1. The number of nitrogens with one attached hydrogen (secondary N) is 1. The Morgan fingerprint density at radius 3 is 2.79 bits per heavy atom. The summed E-state index contributed by atoms with van der Waals surface area (Å²) in [5, 5.41) is 3.27. The second-order valence-corrected chi connectivity index (χ2v) is 8.46. The summed E-state index contributed by atoms with van der Waals surface area (Å²) in [6.07, 6.45) is 4.34. The van der Waals surface area contributed by atoms with Gasteiger partial charge in [-0.05, 0) is 48.4 Å². The lowest BCUT2D eigenvalue weighted by atomic mass is 9.77. The van der Waals surface area contributed by atoms with Gasteiger partial charge in [0.1, 0.15) is 12.4 Å². The number of fused-ring (bicyclic) bond motifs is 2. The van der Waals surface area contributed by atoms with Gasteiger partial charge in [-0.3, -0.25) is 9.69 Å². The summed E-state index contributed by atoms with van der Waals surface area (Å²) in [5.74, 6) is 0.960. The van der Waals surface area contributed by atoms with Crippen molar-refractivity contribution in [1.29, 1.82) is 0 Å². The Balaban J connectivity index is 1.39. The van der Waals surface area contributed by atoms with Gasteiger partial charge in [0.2, 0.25) is 5.91 Å². The highest BCUT2D eigenvalue weighted by atomic mass is 16.5. The maximum atomic E-state index is 12.2. The summed E-state index contributed by atoms with van der Waals surface area (Å²) in [5.41, 5.74) is 4.85. The topological polar surface area (TPSA) is 50.8 Å². The van der Waals surface area contributed by atoms with Crippen molar-refractivity contribution in [2.24, 2.45) is 0 Å². The number of carbonyl (C=O) groups is 1. The molecule has 1 N–H and O–H groups in total. The molecule has 2 heterocycles. The van der Waals surface area contributed by atoms with Crippen LogP contribution in [-0.4, -0.2) is 43.7 Å². The van der Waals surface area contributed by atoms with Gasteiger partial charge in [0.15, 0.2) is 0 Å². The van der Waals surface area contributed by atoms with Crippen molar-refractivity contribution in [3.63, 3.8) is 0 Å². The number of piperidine rings is 1. The van der Waals surface area contributed by atoms with Crippen LogP contribution < -0.4 is 10.1 Å². The fourth-order valence-corrected chi connectivity index (χ4v) is 5.26. The van der Waals surface area contributed by atoms with Crippen molar-refractivity contribution in [3.05, 3.63) is 64.7 Å². The SMILES string of the molecule is COc1cc2c(cc1CN1CC[C@@]3(c4ccccc4)NC(=O)CO[C@@H]3C1)CCC2. The molecule has 3 aliphatic rings. The van der Waals surface area contributed by atoms with Crippen LogP contribution in [0.3, 0.4) is 0 Å². The van der Waals surface area contributed by atoms with Crippen molar-refractivity contribution < 1.29 is 14.3 Å². The number of benzene rings is 2. The Kier molecular flexibility index (Phi) is 4.80. The van der Waals surface area contributed by atoms with Crippen LogP contribution in [0.25, 0.3) is 0 Å². The lowest BCUT2D eigenvalue weighted by Crippen LogP contribution is -2.66. The molecule has 2 aromatic rings. The van der Waals surface area contributed by atoms with Gasteiger partial charge in [0.05, 0.1) is 18.8 Å². The summed E-state index contributed by atoms with van der Waals surface area (Å²) < 4.78 is 11.8. The highest BCUT2D eigenvalue weighted by Crippen LogP contribution is 2.38. The predicted octanol–water partition coefficient (Wildman–Crippen LogP) is 2.80. The second-order valence-electron chi connectivity index (χ2n) is 8.46. The number of methoxy groups -OCH3 is 1. The van der Waals surface area contributed by atoms with E-state index in [1.165, 1.54) is 29.5 Å². The molecule has 0 bridgehead atoms. The Morgan fingerprint density at radius 2 is 2.00 bits per heavy atom. The van der Waals surface area contributed by atoms with Crippen LogP contribution >= 0.6 is 0 Å². The first kappa shape index (κ1) is 18.6. The van der Waals surface area contributed by atoms with E-state index >= 15 is 0 Å². The molecule has 5 heteroatoms. The van der Waals surface area contributed by atoms with Gasteiger partial charge in [0, 0.05) is 25.2 Å². The van der Waals surface area contributed by atoms with Gasteiger partial charge in [-0.1, -0.05) is 36.4 Å². The van der Waals surface area contributed by atoms with Crippen LogP contribution in [0.2, 0.25) is 0 Å². The van der Waals surface area contributed by atoms with Crippen LogP contribution in [-0.2, 0) is 34.5 Å². The van der Waals surface area contributed by atoms with E-state index in [1.807, 2.05) is 18.2 Å². The molecule has 0 aromatic heterocycles. The number of hydrogen-bond acceptors (Lipinski definition) is 4. The molecule has 0 radical (unpaired) electrons. The molecule has 2 aromatic carbocycles. The molecule has 5 nitrogen and oxygen atoms in total. The first-order valence-electron chi connectivity index (χ1n) is 10.6. The van der Waals surface area contributed by atoms with E-state index in [1.54, 1.807) is 7.11 Å². The average Bonchev–Trinajstić information content (AvgIpc) is 3.21. The molecule has 1 amide bonds. The van der Waals surface area contributed by atoms with Crippen molar-refractivity contribution in [3.8, 4) is 5.75 Å². The normalized spacial score (nSPS) is 26.5. The third kappa shape index (κ3) is 3.32. The standard InChI is InChI=1S/C24H28N2O3/c1-28-21-13-18-7-5-6-17(18)12-19(21)14-26-11-10-24(20-8-3-2-4-9-20)22(15-26)29-16-23(27)25-24/h2-4,8-9,12-13,22H,5-7,10-11,14-16H2,1H3,(H,25,27)/t22-,24+/m1/s1. The molecule has 2 fully saturated rings. The lowest BCUT2D eigenvalue weighted by molar-refractivity contribution is -0.152. The fraction of sp³-hybridized carbons (Fsp3) is 0.458. The molecule has 2 atom stereocenters. The zero-order chi connectivity index (χ0) is 19.8. The van der Waals surface area contributed by atoms with Crippen LogP contribution in [0.5, 0.6) is 5.75 Å². The van der Waals surface area contributed by atoms with Gasteiger partial charge in [-0.2, -0.15) is 0 Å². The molecule has 152 valence electrons. The largest absolute Gasteiger partial charge is 0.496 e. The van der Waals surface area contributed by atoms with E-state index in [2.05, 4.69) is 34.5 Å². The van der Waals surface area contributed by atoms with Crippen molar-refractivity contribution >= 4 is 5.91 Å². The number of ether oxygens (including phenoxy) is 2. The van der Waals surface area contributed by atoms with E-state index in [0.717, 1.165) is 43.8 Å². The molecule has 0 spiro atoms. The van der Waals surface area contributed by atoms with E-state index in [0.29, 0.717) is 0 Å². The summed E-state index contributed by atoms with van der Waals surface area (Å²) >= 11 is 0. The Labute approximate surface area is 172 Å². The summed E-state index contributed by atoms with van der Waals surface area (Å²) in [6, 6.07) is 14.8. The maximum absolute atomic E-state index is 12.2. The molecule has 2 saturated heterocycles. The van der Waals surface area contributed by atoms with Crippen molar-refractivity contribution in [1.82, 2.24) is 10.2 Å². The first-order chi connectivity index (χ1) is 14.2. The maximum Gasteiger partial charge on any atom is 0.246 e. The quantitative estimate of drug-likeness (QED) is 0.869. The molecule has 0 saturated carbocycles. The lowest BCUT2D eigenvalue weighted by Gasteiger charge is -2.50. The monoisotopic (exact) mass is 392 g/mol. The molecular weight excluding hydrogens is 364 g/mol. The van der Waals surface area contributed by atoms with Gasteiger partial charge < -0.3 is 14.8 Å². The first-order valence-corrected chi connectivity index (χ1v) is 10.6. The molecule has 29 heavy (non-hydrogen) atoms. The van der Waals surface area contributed by atoms with Gasteiger partial charge in [-0.25, -0.2) is 0 Å². The summed E-state index contributed by atoms with van der Waals surface area (Å²) in [6.45, 7) is 2.66. The Morgan fingerprint density at radius 1 is 1.21 bits per heavy atom. The van der Waals surface area contributed by atoms with E-state index in [-0.39, 0.29) is 18.6 Å². The number of morpholine rings is 1. The Bertz CT molecular complexity index is 914. The van der Waals surface area contributed by atoms with E-state index in [9.17, 15) is 4.79 Å². The van der Waals surface area contributed by atoms with Gasteiger partial charge in [-0.15, -0.1) is 0 Å². The second kappa shape index (κ2) is 7.47. The van der Waals surface area contributed by atoms with Crippen LogP contribution in [0, 0.1) is 0 Å². The minimum Gasteiger partial charge on any atom is -0.496 e. The molecule has 1 aliphatic carbocycles. The zero-order valence-electron chi connectivity index (χ0n) is 16.9. The Hall–Kier alpha value is -2.37. The third-order valence-corrected chi connectivity index (χ3v) is 6.75. The van der Waals surface area contributed by atoms with Crippen molar-refractivity contribution in [2.75, 3.05) is 26.8 Å². The molecule has 0 unspecified atom stereocenters. The number of aryl methyl sites for hydroxylation is 2. The minimum absolute atomic E-state index is 0.0288. The number of amides is 1. The summed E-state index contributed by atoms with van der Waals surface area (Å²) in [4.78, 5) is 14.6. The third-order valence-electron chi connectivity index (χ3n) is 6.75. The van der Waals surface area contributed by atoms with E-state index in [4.69, 9.17) is 9.47 Å². The number of nitrogens with zero attached hydrogens (tertiary/aromatic N) is 1. The smallest absolute Gasteiger partial charge is 0.246 e.